The van der Waals surface area contributed by atoms with Crippen LogP contribution in [0.25, 0.3) is 0 Å². The lowest BCUT2D eigenvalue weighted by Crippen LogP contribution is -2.47. The first-order chi connectivity index (χ1) is 15.3. The Morgan fingerprint density at radius 1 is 1.03 bits per heavy atom. The van der Waals surface area contributed by atoms with Gasteiger partial charge in [-0.3, -0.25) is 9.69 Å². The van der Waals surface area contributed by atoms with E-state index in [-0.39, 0.29) is 5.91 Å². The number of amides is 1. The molecule has 0 radical (unpaired) electrons. The third-order valence-corrected chi connectivity index (χ3v) is 7.03. The number of allylic oxidation sites excluding steroid dienone is 4. The highest BCUT2D eigenvalue weighted by atomic mass is 32.2. The quantitative estimate of drug-likeness (QED) is 0.605. The summed E-state index contributed by atoms with van der Waals surface area (Å²) >= 11 is 1.68. The molecule has 1 saturated carbocycles. The summed E-state index contributed by atoms with van der Waals surface area (Å²) in [7, 11) is 0. The van der Waals surface area contributed by atoms with E-state index in [2.05, 4.69) is 42.5 Å². The van der Waals surface area contributed by atoms with Gasteiger partial charge in [-0.2, -0.15) is 0 Å². The number of ether oxygens (including phenoxy) is 2. The highest BCUT2D eigenvalue weighted by Gasteiger charge is 2.58. The van der Waals surface area contributed by atoms with Gasteiger partial charge in [0.15, 0.2) is 0 Å². The summed E-state index contributed by atoms with van der Waals surface area (Å²) in [6.07, 6.45) is 8.30. The highest BCUT2D eigenvalue weighted by molar-refractivity contribution is 7.99. The van der Waals surface area contributed by atoms with Crippen molar-refractivity contribution < 1.29 is 14.3 Å². The van der Waals surface area contributed by atoms with Crippen LogP contribution in [0, 0.1) is 11.8 Å². The van der Waals surface area contributed by atoms with Gasteiger partial charge in [0, 0.05) is 27.0 Å². The molecule has 2 aromatic rings. The summed E-state index contributed by atoms with van der Waals surface area (Å²) in [5.41, 5.74) is 2.79. The predicted molar refractivity (Wildman–Crippen MR) is 123 cm³/mol. The average Bonchev–Trinajstić information content (AvgIpc) is 3.59. The third kappa shape index (κ3) is 3.45. The van der Waals surface area contributed by atoms with Crippen LogP contribution in [0.2, 0.25) is 0 Å². The van der Waals surface area contributed by atoms with Crippen LogP contribution in [0.4, 0.5) is 5.69 Å². The lowest BCUT2D eigenvalue weighted by Gasteiger charge is -2.33. The molecule has 0 aromatic heterocycles. The standard InChI is InChI=1S/C24H21NO3S.C2H6/c26-23-24(27-12-5-13-28-24)20-15-18(29-17-7-2-1-3-8-17)10-11-22(20)25(23)21-9-4-6-16-14-19(16)21;1-2/h1-4,6-11,15-16,19H,5,12-14H2;1-2H3. The number of benzene rings is 2. The van der Waals surface area contributed by atoms with E-state index in [0.717, 1.165) is 39.6 Å². The largest absolute Gasteiger partial charge is 0.338 e. The summed E-state index contributed by atoms with van der Waals surface area (Å²) in [5.74, 6) is -0.438. The minimum Gasteiger partial charge on any atom is -0.338 e. The maximum atomic E-state index is 13.7. The van der Waals surface area contributed by atoms with E-state index in [4.69, 9.17) is 9.47 Å². The molecule has 2 aromatic carbocycles. The minimum absolute atomic E-state index is 0.110. The van der Waals surface area contributed by atoms with Crippen LogP contribution in [0.1, 0.15) is 32.3 Å². The van der Waals surface area contributed by atoms with Crippen LogP contribution in [0.15, 0.2) is 82.2 Å². The Kier molecular flexibility index (Phi) is 5.51. The van der Waals surface area contributed by atoms with Gasteiger partial charge in [-0.25, -0.2) is 0 Å². The smallest absolute Gasteiger partial charge is 0.296 e. The summed E-state index contributed by atoms with van der Waals surface area (Å²) in [6, 6.07) is 16.5. The molecular weight excluding hydrogens is 406 g/mol. The molecule has 5 heteroatoms. The number of rotatable bonds is 3. The molecule has 2 unspecified atom stereocenters. The zero-order valence-electron chi connectivity index (χ0n) is 17.9. The van der Waals surface area contributed by atoms with Crippen molar-refractivity contribution in [1.29, 1.82) is 0 Å². The molecule has 1 spiro atoms. The number of carbonyl (C=O) groups is 1. The molecule has 4 nitrogen and oxygen atoms in total. The first kappa shape index (κ1) is 20.6. The van der Waals surface area contributed by atoms with Gasteiger partial charge in [0.2, 0.25) is 0 Å². The Hall–Kier alpha value is -2.34. The van der Waals surface area contributed by atoms with Crippen molar-refractivity contribution >= 4 is 23.4 Å². The van der Waals surface area contributed by atoms with Gasteiger partial charge in [0.05, 0.1) is 18.9 Å². The molecule has 1 amide bonds. The van der Waals surface area contributed by atoms with Crippen LogP contribution in [-0.2, 0) is 20.1 Å². The van der Waals surface area contributed by atoms with Crippen LogP contribution >= 0.6 is 11.8 Å². The fourth-order valence-corrected chi connectivity index (χ4v) is 5.41. The first-order valence-electron chi connectivity index (χ1n) is 11.1. The summed E-state index contributed by atoms with van der Waals surface area (Å²) in [5, 5.41) is 0. The van der Waals surface area contributed by atoms with E-state index in [0.29, 0.717) is 25.0 Å². The van der Waals surface area contributed by atoms with Gasteiger partial charge in [0.1, 0.15) is 0 Å². The topological polar surface area (TPSA) is 38.8 Å². The summed E-state index contributed by atoms with van der Waals surface area (Å²) < 4.78 is 12.1. The molecule has 1 saturated heterocycles. The fourth-order valence-electron chi connectivity index (χ4n) is 4.53. The van der Waals surface area contributed by atoms with Crippen molar-refractivity contribution in [2.75, 3.05) is 18.1 Å². The van der Waals surface area contributed by atoms with Gasteiger partial charge in [-0.05, 0) is 55.2 Å². The minimum atomic E-state index is -1.31. The van der Waals surface area contributed by atoms with Gasteiger partial charge in [-0.15, -0.1) is 0 Å². The Morgan fingerprint density at radius 3 is 2.58 bits per heavy atom. The highest BCUT2D eigenvalue weighted by Crippen LogP contribution is 2.54. The molecule has 6 rings (SSSR count). The number of anilines is 1. The lowest BCUT2D eigenvalue weighted by atomic mass is 10.1. The Balaban J connectivity index is 0.000000994. The third-order valence-electron chi connectivity index (χ3n) is 6.03. The number of nitrogens with zero attached hydrogens (tertiary/aromatic N) is 1. The van der Waals surface area contributed by atoms with Crippen LogP contribution in [0.3, 0.4) is 0 Å². The Bertz CT molecular complexity index is 1040. The second-order valence-corrected chi connectivity index (χ2v) is 9.03. The molecule has 4 aliphatic rings. The molecule has 0 bridgehead atoms. The molecular formula is C26H27NO3S. The monoisotopic (exact) mass is 433 g/mol. The van der Waals surface area contributed by atoms with Crippen molar-refractivity contribution in [2.45, 2.75) is 42.3 Å². The van der Waals surface area contributed by atoms with Crippen LogP contribution in [0.5, 0.6) is 0 Å². The van der Waals surface area contributed by atoms with E-state index in [1.807, 2.05) is 43.0 Å². The Morgan fingerprint density at radius 2 is 1.81 bits per heavy atom. The number of carbonyl (C=O) groups excluding carboxylic acids is 1. The van der Waals surface area contributed by atoms with Gasteiger partial charge >= 0.3 is 0 Å². The second-order valence-electron chi connectivity index (χ2n) is 7.88. The summed E-state index contributed by atoms with van der Waals surface area (Å²) in [4.78, 5) is 17.8. The van der Waals surface area contributed by atoms with E-state index in [1.54, 1.807) is 11.8 Å². The maximum absolute atomic E-state index is 13.7. The van der Waals surface area contributed by atoms with Crippen molar-refractivity contribution in [3.63, 3.8) is 0 Å². The van der Waals surface area contributed by atoms with Crippen molar-refractivity contribution in [2.24, 2.45) is 11.8 Å². The average molecular weight is 434 g/mol. The molecule has 2 heterocycles. The van der Waals surface area contributed by atoms with E-state index in [1.165, 1.54) is 0 Å². The van der Waals surface area contributed by atoms with Gasteiger partial charge < -0.3 is 9.47 Å². The van der Waals surface area contributed by atoms with Crippen molar-refractivity contribution in [1.82, 2.24) is 0 Å². The Labute approximate surface area is 187 Å². The van der Waals surface area contributed by atoms with Crippen molar-refractivity contribution in [3.05, 3.63) is 78.0 Å². The van der Waals surface area contributed by atoms with Crippen molar-refractivity contribution in [3.8, 4) is 0 Å². The summed E-state index contributed by atoms with van der Waals surface area (Å²) in [6.45, 7) is 5.06. The molecule has 160 valence electrons. The zero-order valence-corrected chi connectivity index (χ0v) is 18.7. The lowest BCUT2D eigenvalue weighted by molar-refractivity contribution is -0.256. The second kappa shape index (κ2) is 8.30. The molecule has 2 aliphatic heterocycles. The first-order valence-corrected chi connectivity index (χ1v) is 12.0. The molecule has 2 atom stereocenters. The molecule has 31 heavy (non-hydrogen) atoms. The molecule has 0 N–H and O–H groups in total. The number of fused-ring (bicyclic) bond motifs is 3. The normalized spacial score (nSPS) is 24.8. The van der Waals surface area contributed by atoms with E-state index >= 15 is 0 Å². The SMILES string of the molecule is CC.O=C1N(C2=CC=CC3CC23)c2ccc(Sc3ccccc3)cc2C12OCCCO2. The molecule has 2 aliphatic carbocycles. The van der Waals surface area contributed by atoms with E-state index in [9.17, 15) is 4.79 Å². The van der Waals surface area contributed by atoms with Gasteiger partial charge in [0.25, 0.3) is 11.7 Å². The number of hydrogen-bond acceptors (Lipinski definition) is 4. The zero-order chi connectivity index (χ0) is 21.4. The number of hydrogen-bond donors (Lipinski definition) is 0. The fraction of sp³-hybridized carbons (Fsp3) is 0.346. The molecule has 2 fully saturated rings. The van der Waals surface area contributed by atoms with Crippen LogP contribution < -0.4 is 4.90 Å². The van der Waals surface area contributed by atoms with Gasteiger partial charge in [-0.1, -0.05) is 56.0 Å². The van der Waals surface area contributed by atoms with E-state index < -0.39 is 5.79 Å². The van der Waals surface area contributed by atoms with Crippen LogP contribution in [-0.4, -0.2) is 19.1 Å². The maximum Gasteiger partial charge on any atom is 0.296 e. The predicted octanol–water partition coefficient (Wildman–Crippen LogP) is 5.89.